The molecule has 0 atom stereocenters. The molecule has 0 spiro atoms. The van der Waals surface area contributed by atoms with Gasteiger partial charge in [-0.3, -0.25) is 9.69 Å². The molecule has 0 saturated heterocycles. The summed E-state index contributed by atoms with van der Waals surface area (Å²) in [6.45, 7) is 7.99. The summed E-state index contributed by atoms with van der Waals surface area (Å²) < 4.78 is 7.60. The van der Waals surface area contributed by atoms with Gasteiger partial charge in [-0.2, -0.15) is 0 Å². The Bertz CT molecular complexity index is 1190. The number of para-hydroxylation sites is 1. The molecule has 0 unspecified atom stereocenters. The van der Waals surface area contributed by atoms with E-state index in [1.54, 1.807) is 7.11 Å². The molecule has 162 valence electrons. The number of carbonyl (C=O) groups is 1. The Morgan fingerprint density at radius 1 is 1.10 bits per heavy atom. The van der Waals surface area contributed by atoms with Gasteiger partial charge < -0.3 is 14.3 Å². The van der Waals surface area contributed by atoms with Gasteiger partial charge in [0.05, 0.1) is 7.11 Å². The number of aromatic nitrogens is 2. The second kappa shape index (κ2) is 9.40. The highest BCUT2D eigenvalue weighted by Crippen LogP contribution is 2.30. The van der Waals surface area contributed by atoms with Crippen LogP contribution in [0.15, 0.2) is 48.7 Å². The van der Waals surface area contributed by atoms with Crippen LogP contribution in [-0.2, 0) is 19.5 Å². The zero-order chi connectivity index (χ0) is 21.8. The number of nitrogens with zero attached hydrogens (tertiary/aromatic N) is 2. The molecule has 1 aliphatic heterocycles. The van der Waals surface area contributed by atoms with Gasteiger partial charge in [0.1, 0.15) is 5.75 Å². The first-order valence-corrected chi connectivity index (χ1v) is 11.2. The normalized spacial score (nSPS) is 13.6. The lowest BCUT2D eigenvalue weighted by molar-refractivity contribution is 0.112. The first-order valence-electron chi connectivity index (χ1n) is 11.2. The van der Waals surface area contributed by atoms with Crippen molar-refractivity contribution in [3.05, 3.63) is 65.5 Å². The van der Waals surface area contributed by atoms with Crippen molar-refractivity contribution in [3.8, 4) is 5.75 Å². The summed E-state index contributed by atoms with van der Waals surface area (Å²) in [6, 6.07) is 14.4. The second-order valence-electron chi connectivity index (χ2n) is 7.79. The molecular weight excluding hydrogens is 386 g/mol. The van der Waals surface area contributed by atoms with Gasteiger partial charge in [0.2, 0.25) is 0 Å². The highest BCUT2D eigenvalue weighted by molar-refractivity contribution is 5.97. The number of fused-ring (bicyclic) bond motifs is 4. The lowest BCUT2D eigenvalue weighted by atomic mass is 10.0. The number of hydrogen-bond donors (Lipinski definition) is 1. The Balaban J connectivity index is 0.00000112. The molecule has 0 bridgehead atoms. The average molecular weight is 418 g/mol. The third kappa shape index (κ3) is 4.10. The van der Waals surface area contributed by atoms with Crippen LogP contribution in [-0.4, -0.2) is 40.9 Å². The van der Waals surface area contributed by atoms with E-state index in [-0.39, 0.29) is 0 Å². The topological polar surface area (TPSA) is 50.3 Å². The largest absolute Gasteiger partial charge is 0.497 e. The number of nitrogens with one attached hydrogen (secondary N) is 1. The van der Waals surface area contributed by atoms with Gasteiger partial charge in [0.25, 0.3) is 0 Å². The van der Waals surface area contributed by atoms with E-state index in [2.05, 4.69) is 32.7 Å². The number of aryl methyl sites for hydroxylation is 1. The number of rotatable bonds is 6. The van der Waals surface area contributed by atoms with Gasteiger partial charge >= 0.3 is 0 Å². The van der Waals surface area contributed by atoms with Crippen LogP contribution < -0.4 is 4.74 Å². The quantitative estimate of drug-likeness (QED) is 0.426. The molecule has 0 radical (unpaired) electrons. The van der Waals surface area contributed by atoms with Crippen LogP contribution in [0.5, 0.6) is 5.75 Å². The van der Waals surface area contributed by atoms with Crippen LogP contribution in [0.3, 0.4) is 0 Å². The van der Waals surface area contributed by atoms with E-state index >= 15 is 0 Å². The van der Waals surface area contributed by atoms with Crippen LogP contribution in [0.1, 0.15) is 41.9 Å². The zero-order valence-electron chi connectivity index (χ0n) is 18.6. The fourth-order valence-electron chi connectivity index (χ4n) is 4.61. The number of aldehydes is 1. The SMILES string of the molecule is CC.COc1ccc2[nH]c3c(c2c1)CCN(CCCn1cc(C=O)c2ccccc21)C3. The van der Waals surface area contributed by atoms with Gasteiger partial charge in [-0.25, -0.2) is 0 Å². The van der Waals surface area contributed by atoms with Crippen LogP contribution in [0.25, 0.3) is 21.8 Å². The minimum atomic E-state index is 0.775. The minimum absolute atomic E-state index is 0.775. The fourth-order valence-corrected chi connectivity index (χ4v) is 4.61. The third-order valence-corrected chi connectivity index (χ3v) is 6.08. The van der Waals surface area contributed by atoms with Gasteiger partial charge in [-0.15, -0.1) is 0 Å². The van der Waals surface area contributed by atoms with Crippen molar-refractivity contribution in [1.29, 1.82) is 0 Å². The molecule has 3 heterocycles. The van der Waals surface area contributed by atoms with Gasteiger partial charge in [0, 0.05) is 65.4 Å². The summed E-state index contributed by atoms with van der Waals surface area (Å²) in [5.41, 5.74) is 5.87. The Kier molecular flexibility index (Phi) is 6.42. The van der Waals surface area contributed by atoms with Gasteiger partial charge in [0.15, 0.2) is 6.29 Å². The van der Waals surface area contributed by atoms with Crippen molar-refractivity contribution >= 4 is 28.1 Å². The molecule has 2 aromatic heterocycles. The maximum Gasteiger partial charge on any atom is 0.152 e. The predicted octanol–water partition coefficient (Wildman–Crippen LogP) is 5.42. The highest BCUT2D eigenvalue weighted by Gasteiger charge is 2.20. The first-order chi connectivity index (χ1) is 15.3. The molecule has 5 nitrogen and oxygen atoms in total. The molecule has 1 aliphatic rings. The molecule has 5 rings (SSSR count). The smallest absolute Gasteiger partial charge is 0.152 e. The fraction of sp³-hybridized carbons (Fsp3) is 0.346. The number of H-pyrrole nitrogens is 1. The summed E-state index contributed by atoms with van der Waals surface area (Å²) in [5, 5.41) is 2.33. The van der Waals surface area contributed by atoms with E-state index in [9.17, 15) is 4.79 Å². The Labute approximate surface area is 183 Å². The maximum absolute atomic E-state index is 11.4. The van der Waals surface area contributed by atoms with Crippen LogP contribution >= 0.6 is 0 Å². The standard InChI is InChI=1S/C24H25N3O2.C2H6/c1-29-18-7-8-22-21(13-18)20-9-12-26(15-23(20)25-22)10-4-11-27-14-17(16-28)19-5-2-3-6-24(19)27;1-2/h2-3,5-8,13-14,16,25H,4,9-12,15H2,1H3;1-2H3. The lowest BCUT2D eigenvalue weighted by Gasteiger charge is -2.27. The maximum atomic E-state index is 11.4. The minimum Gasteiger partial charge on any atom is -0.497 e. The predicted molar refractivity (Wildman–Crippen MR) is 127 cm³/mol. The molecule has 2 aromatic carbocycles. The monoisotopic (exact) mass is 417 g/mol. The van der Waals surface area contributed by atoms with E-state index in [0.29, 0.717) is 0 Å². The number of benzene rings is 2. The summed E-state index contributed by atoms with van der Waals surface area (Å²) >= 11 is 0. The Morgan fingerprint density at radius 2 is 1.94 bits per heavy atom. The Hall–Kier alpha value is -3.05. The van der Waals surface area contributed by atoms with Crippen LogP contribution in [0, 0.1) is 0 Å². The van der Waals surface area contributed by atoms with Crippen molar-refractivity contribution in [2.45, 2.75) is 39.8 Å². The van der Waals surface area contributed by atoms with E-state index in [1.165, 1.54) is 22.2 Å². The van der Waals surface area contributed by atoms with Crippen molar-refractivity contribution in [3.63, 3.8) is 0 Å². The number of ether oxygens (including phenoxy) is 1. The molecule has 0 aliphatic carbocycles. The van der Waals surface area contributed by atoms with Crippen LogP contribution in [0.2, 0.25) is 0 Å². The molecule has 4 aromatic rings. The lowest BCUT2D eigenvalue weighted by Crippen LogP contribution is -2.31. The highest BCUT2D eigenvalue weighted by atomic mass is 16.5. The van der Waals surface area contributed by atoms with E-state index < -0.39 is 0 Å². The van der Waals surface area contributed by atoms with E-state index in [1.807, 2.05) is 44.3 Å². The van der Waals surface area contributed by atoms with Crippen molar-refractivity contribution in [2.75, 3.05) is 20.2 Å². The summed E-state index contributed by atoms with van der Waals surface area (Å²) in [6.07, 6.45) is 5.05. The van der Waals surface area contributed by atoms with E-state index in [0.717, 1.165) is 67.5 Å². The third-order valence-electron chi connectivity index (χ3n) is 6.08. The number of methoxy groups -OCH3 is 1. The molecule has 31 heavy (non-hydrogen) atoms. The second-order valence-corrected chi connectivity index (χ2v) is 7.79. The van der Waals surface area contributed by atoms with Crippen molar-refractivity contribution in [2.24, 2.45) is 0 Å². The number of hydrogen-bond acceptors (Lipinski definition) is 3. The number of aromatic amines is 1. The molecule has 0 fully saturated rings. The van der Waals surface area contributed by atoms with E-state index in [4.69, 9.17) is 4.74 Å². The summed E-state index contributed by atoms with van der Waals surface area (Å²) in [7, 11) is 1.72. The van der Waals surface area contributed by atoms with Gasteiger partial charge in [-0.1, -0.05) is 32.0 Å². The zero-order valence-corrected chi connectivity index (χ0v) is 18.6. The number of carbonyl (C=O) groups excluding carboxylic acids is 1. The van der Waals surface area contributed by atoms with Crippen molar-refractivity contribution in [1.82, 2.24) is 14.5 Å². The first kappa shape index (κ1) is 21.2. The molecular formula is C26H31N3O2. The van der Waals surface area contributed by atoms with Crippen LogP contribution in [0.4, 0.5) is 0 Å². The molecule has 5 heteroatoms. The summed E-state index contributed by atoms with van der Waals surface area (Å²) in [4.78, 5) is 17.5. The average Bonchev–Trinajstić information content (AvgIpc) is 3.37. The van der Waals surface area contributed by atoms with Gasteiger partial charge in [-0.05, 0) is 42.7 Å². The molecule has 1 N–H and O–H groups in total. The Morgan fingerprint density at radius 3 is 2.74 bits per heavy atom. The van der Waals surface area contributed by atoms with Crippen molar-refractivity contribution < 1.29 is 9.53 Å². The molecule has 0 amide bonds. The molecule has 0 saturated carbocycles. The summed E-state index contributed by atoms with van der Waals surface area (Å²) in [5.74, 6) is 0.912.